The van der Waals surface area contributed by atoms with Crippen LogP contribution in [0.5, 0.6) is 0 Å². The first-order chi connectivity index (χ1) is 7.65. The number of nitrogens with zero attached hydrogens (tertiary/aromatic N) is 1. The van der Waals surface area contributed by atoms with Gasteiger partial charge in [-0.3, -0.25) is 0 Å². The van der Waals surface area contributed by atoms with Gasteiger partial charge in [0, 0.05) is 5.92 Å². The summed E-state index contributed by atoms with van der Waals surface area (Å²) in [5.41, 5.74) is 4.99. The smallest absolute Gasteiger partial charge is 0.404 e. The molecular weight excluding hydrogens is 274 g/mol. The van der Waals surface area contributed by atoms with Crippen molar-refractivity contribution in [2.24, 2.45) is 5.73 Å². The van der Waals surface area contributed by atoms with Crippen molar-refractivity contribution in [1.82, 2.24) is 9.97 Å². The highest BCUT2D eigenvalue weighted by Gasteiger charge is 2.25. The minimum Gasteiger partial charge on any atom is -0.446 e. The zero-order valence-corrected chi connectivity index (χ0v) is 10.4. The molecule has 5 nitrogen and oxygen atoms in total. The number of imidazole rings is 1. The van der Waals surface area contributed by atoms with E-state index in [4.69, 9.17) is 10.5 Å². The van der Waals surface area contributed by atoms with Crippen molar-refractivity contribution in [2.45, 2.75) is 37.7 Å². The van der Waals surface area contributed by atoms with Crippen LogP contribution in [0.1, 0.15) is 37.4 Å². The Hall–Kier alpha value is -1.04. The van der Waals surface area contributed by atoms with Gasteiger partial charge in [-0.05, 0) is 41.6 Å². The number of H-pyrrole nitrogens is 1. The maximum absolute atomic E-state index is 10.6. The Bertz CT molecular complexity index is 372. The molecular formula is C10H14BrN3O2. The van der Waals surface area contributed by atoms with Gasteiger partial charge in [-0.25, -0.2) is 9.78 Å². The lowest BCUT2D eigenvalue weighted by Gasteiger charge is -2.26. The summed E-state index contributed by atoms with van der Waals surface area (Å²) >= 11 is 3.34. The van der Waals surface area contributed by atoms with E-state index in [9.17, 15) is 4.79 Å². The van der Waals surface area contributed by atoms with Crippen LogP contribution in [0.3, 0.4) is 0 Å². The van der Waals surface area contributed by atoms with Crippen LogP contribution in [0, 0.1) is 0 Å². The predicted octanol–water partition coefficient (Wildman–Crippen LogP) is 2.29. The van der Waals surface area contributed by atoms with Crippen LogP contribution >= 0.6 is 15.9 Å². The topological polar surface area (TPSA) is 81.0 Å². The molecule has 1 saturated carbocycles. The van der Waals surface area contributed by atoms with Gasteiger partial charge in [0.15, 0.2) is 0 Å². The highest BCUT2D eigenvalue weighted by molar-refractivity contribution is 9.10. The van der Waals surface area contributed by atoms with E-state index >= 15 is 0 Å². The number of hydrogen-bond acceptors (Lipinski definition) is 3. The van der Waals surface area contributed by atoms with Crippen LogP contribution in [0.4, 0.5) is 4.79 Å². The quantitative estimate of drug-likeness (QED) is 0.876. The van der Waals surface area contributed by atoms with Gasteiger partial charge in [0.05, 0.1) is 6.20 Å². The van der Waals surface area contributed by atoms with Gasteiger partial charge in [0.2, 0.25) is 0 Å². The van der Waals surface area contributed by atoms with E-state index in [-0.39, 0.29) is 6.10 Å². The molecule has 3 N–H and O–H groups in total. The van der Waals surface area contributed by atoms with E-state index < -0.39 is 6.09 Å². The second kappa shape index (κ2) is 4.86. The lowest BCUT2D eigenvalue weighted by atomic mass is 9.87. The first-order valence-electron chi connectivity index (χ1n) is 5.31. The Kier molecular flexibility index (Phi) is 3.48. The maximum Gasteiger partial charge on any atom is 0.404 e. The summed E-state index contributed by atoms with van der Waals surface area (Å²) in [7, 11) is 0. The Morgan fingerprint density at radius 1 is 1.50 bits per heavy atom. The summed E-state index contributed by atoms with van der Waals surface area (Å²) in [5.74, 6) is 1.43. The molecule has 1 aromatic heterocycles. The molecule has 6 heteroatoms. The highest BCUT2D eigenvalue weighted by atomic mass is 79.9. The summed E-state index contributed by atoms with van der Waals surface area (Å²) in [6.07, 6.45) is 4.71. The first kappa shape index (κ1) is 11.4. The Morgan fingerprint density at radius 2 is 2.19 bits per heavy atom. The van der Waals surface area contributed by atoms with Crippen molar-refractivity contribution >= 4 is 22.0 Å². The molecule has 0 saturated heterocycles. The number of carbonyl (C=O) groups excluding carboxylic acids is 1. The number of rotatable bonds is 2. The summed E-state index contributed by atoms with van der Waals surface area (Å²) in [4.78, 5) is 18.1. The third-order valence-electron chi connectivity index (χ3n) is 2.91. The molecule has 16 heavy (non-hydrogen) atoms. The monoisotopic (exact) mass is 287 g/mol. The number of primary amides is 1. The van der Waals surface area contributed by atoms with Crippen molar-refractivity contribution < 1.29 is 9.53 Å². The Morgan fingerprint density at radius 3 is 2.69 bits per heavy atom. The van der Waals surface area contributed by atoms with Crippen LogP contribution in [0.25, 0.3) is 0 Å². The predicted molar refractivity (Wildman–Crippen MR) is 62.0 cm³/mol. The molecule has 1 aliphatic carbocycles. The molecule has 0 bridgehead atoms. The Labute approximate surface area is 102 Å². The molecule has 1 amide bonds. The maximum atomic E-state index is 10.6. The van der Waals surface area contributed by atoms with Gasteiger partial charge in [-0.2, -0.15) is 0 Å². The highest BCUT2D eigenvalue weighted by Crippen LogP contribution is 2.32. The zero-order valence-electron chi connectivity index (χ0n) is 8.78. The van der Waals surface area contributed by atoms with Crippen molar-refractivity contribution in [3.8, 4) is 0 Å². The summed E-state index contributed by atoms with van der Waals surface area (Å²) < 4.78 is 5.88. The fourth-order valence-electron chi connectivity index (χ4n) is 2.14. The molecule has 1 heterocycles. The number of halogens is 1. The third kappa shape index (κ3) is 2.75. The van der Waals surface area contributed by atoms with Gasteiger partial charge in [-0.1, -0.05) is 0 Å². The molecule has 0 unspecified atom stereocenters. The number of aromatic amines is 1. The van der Waals surface area contributed by atoms with Crippen LogP contribution < -0.4 is 5.73 Å². The third-order valence-corrected chi connectivity index (χ3v) is 3.31. The molecule has 0 aliphatic heterocycles. The number of amides is 1. The van der Waals surface area contributed by atoms with E-state index in [0.717, 1.165) is 36.1 Å². The normalized spacial score (nSPS) is 25.3. The van der Waals surface area contributed by atoms with E-state index in [1.165, 1.54) is 0 Å². The number of aromatic nitrogens is 2. The van der Waals surface area contributed by atoms with Gasteiger partial charge >= 0.3 is 6.09 Å². The molecule has 0 radical (unpaired) electrons. The standard InChI is InChI=1S/C10H14BrN3O2/c11-8-5-13-9(14-8)6-1-3-7(4-2-6)16-10(12)15/h5-7H,1-4H2,(H2,12,15)(H,13,14). The first-order valence-corrected chi connectivity index (χ1v) is 6.11. The summed E-state index contributed by atoms with van der Waals surface area (Å²) in [6, 6.07) is 0. The van der Waals surface area contributed by atoms with E-state index in [2.05, 4.69) is 25.9 Å². The molecule has 1 aliphatic rings. The van der Waals surface area contributed by atoms with Crippen molar-refractivity contribution in [2.75, 3.05) is 0 Å². The van der Waals surface area contributed by atoms with Gasteiger partial charge in [-0.15, -0.1) is 0 Å². The SMILES string of the molecule is NC(=O)OC1CCC(c2ncc(Br)[nH]2)CC1. The Balaban J connectivity index is 1.87. The average molecular weight is 288 g/mol. The lowest BCUT2D eigenvalue weighted by Crippen LogP contribution is -2.26. The molecule has 1 fully saturated rings. The fraction of sp³-hybridized carbons (Fsp3) is 0.600. The molecule has 1 aromatic rings. The second-order valence-corrected chi connectivity index (χ2v) is 4.88. The van der Waals surface area contributed by atoms with Crippen LogP contribution in [-0.2, 0) is 4.74 Å². The average Bonchev–Trinajstić information content (AvgIpc) is 2.65. The van der Waals surface area contributed by atoms with E-state index in [1.54, 1.807) is 6.20 Å². The van der Waals surface area contributed by atoms with Crippen molar-refractivity contribution in [3.63, 3.8) is 0 Å². The number of carbonyl (C=O) groups is 1. The van der Waals surface area contributed by atoms with Crippen LogP contribution in [0.15, 0.2) is 10.8 Å². The number of hydrogen-bond donors (Lipinski definition) is 2. The fourth-order valence-corrected chi connectivity index (χ4v) is 2.44. The molecule has 0 atom stereocenters. The summed E-state index contributed by atoms with van der Waals surface area (Å²) in [6.45, 7) is 0. The molecule has 2 rings (SSSR count). The van der Waals surface area contributed by atoms with Gasteiger partial charge < -0.3 is 15.5 Å². The van der Waals surface area contributed by atoms with Crippen LogP contribution in [0.2, 0.25) is 0 Å². The van der Waals surface area contributed by atoms with E-state index in [0.29, 0.717) is 5.92 Å². The molecule has 88 valence electrons. The number of ether oxygens (including phenoxy) is 1. The van der Waals surface area contributed by atoms with Crippen molar-refractivity contribution in [3.05, 3.63) is 16.6 Å². The van der Waals surface area contributed by atoms with Gasteiger partial charge in [0.1, 0.15) is 16.5 Å². The number of nitrogens with two attached hydrogens (primary N) is 1. The minimum absolute atomic E-state index is 0.0212. The molecule has 0 spiro atoms. The molecule has 0 aromatic carbocycles. The van der Waals surface area contributed by atoms with Gasteiger partial charge in [0.25, 0.3) is 0 Å². The summed E-state index contributed by atoms with van der Waals surface area (Å²) in [5, 5.41) is 0. The zero-order chi connectivity index (χ0) is 11.5. The lowest BCUT2D eigenvalue weighted by molar-refractivity contribution is 0.0781. The van der Waals surface area contributed by atoms with E-state index in [1.807, 2.05) is 0 Å². The van der Waals surface area contributed by atoms with Crippen molar-refractivity contribution in [1.29, 1.82) is 0 Å². The van der Waals surface area contributed by atoms with Crippen LogP contribution in [-0.4, -0.2) is 22.2 Å². The largest absolute Gasteiger partial charge is 0.446 e. The number of nitrogens with one attached hydrogen (secondary N) is 1. The second-order valence-electron chi connectivity index (χ2n) is 4.03. The minimum atomic E-state index is -0.677.